The minimum Gasteiger partial charge on any atom is -0.507 e. The monoisotopic (exact) mass is 342 g/mol. The molecule has 25 heavy (non-hydrogen) atoms. The molecule has 1 aliphatic heterocycles. The van der Waals surface area contributed by atoms with Crippen molar-refractivity contribution in [2.24, 2.45) is 0 Å². The van der Waals surface area contributed by atoms with Crippen LogP contribution in [-0.4, -0.2) is 21.4 Å². The number of phenols is 3. The molecule has 6 heteroatoms. The summed E-state index contributed by atoms with van der Waals surface area (Å²) in [6, 6.07) is 3.88. The summed E-state index contributed by atoms with van der Waals surface area (Å²) in [6.45, 7) is 5.95. The van der Waals surface area contributed by atoms with Gasteiger partial charge >= 0.3 is 0 Å². The molecule has 0 aliphatic carbocycles. The molecular formula is C19H18O6. The highest BCUT2D eigenvalue weighted by Gasteiger charge is 2.37. The number of ether oxygens (including phenoxy) is 1. The van der Waals surface area contributed by atoms with Gasteiger partial charge in [0.15, 0.2) is 11.3 Å². The molecule has 1 aliphatic rings. The first-order valence-electron chi connectivity index (χ1n) is 8.05. The first-order chi connectivity index (χ1) is 11.7. The van der Waals surface area contributed by atoms with E-state index >= 15 is 0 Å². The van der Waals surface area contributed by atoms with Gasteiger partial charge in [0.2, 0.25) is 5.43 Å². The van der Waals surface area contributed by atoms with Crippen LogP contribution >= 0.6 is 0 Å². The zero-order valence-corrected chi connectivity index (χ0v) is 14.1. The highest BCUT2D eigenvalue weighted by Crippen LogP contribution is 2.48. The first kappa shape index (κ1) is 15.6. The molecule has 2 heterocycles. The van der Waals surface area contributed by atoms with E-state index in [2.05, 4.69) is 0 Å². The number of hydrogen-bond donors (Lipinski definition) is 3. The molecule has 4 rings (SSSR count). The molecule has 0 spiro atoms. The Kier molecular flexibility index (Phi) is 3.01. The summed E-state index contributed by atoms with van der Waals surface area (Å²) in [5.41, 5.74) is -0.237. The lowest BCUT2D eigenvalue weighted by atomic mass is 9.76. The van der Waals surface area contributed by atoms with Crippen LogP contribution in [-0.2, 0) is 5.41 Å². The van der Waals surface area contributed by atoms with E-state index in [0.717, 1.165) is 0 Å². The van der Waals surface area contributed by atoms with Crippen molar-refractivity contribution in [3.8, 4) is 23.0 Å². The summed E-state index contributed by atoms with van der Waals surface area (Å²) in [6.07, 6.45) is 0.650. The smallest absolute Gasteiger partial charge is 0.208 e. The van der Waals surface area contributed by atoms with Crippen LogP contribution in [0.1, 0.15) is 32.8 Å². The molecule has 0 unspecified atom stereocenters. The number of rotatable bonds is 0. The Morgan fingerprint density at radius 2 is 1.68 bits per heavy atom. The number of benzene rings is 2. The van der Waals surface area contributed by atoms with E-state index in [9.17, 15) is 20.1 Å². The van der Waals surface area contributed by atoms with E-state index in [1.807, 2.05) is 20.8 Å². The summed E-state index contributed by atoms with van der Waals surface area (Å²) in [5.74, 6) is -0.399. The van der Waals surface area contributed by atoms with Crippen LogP contribution < -0.4 is 10.2 Å². The van der Waals surface area contributed by atoms with Gasteiger partial charge in [0, 0.05) is 17.0 Å². The van der Waals surface area contributed by atoms with E-state index in [-0.39, 0.29) is 50.7 Å². The van der Waals surface area contributed by atoms with Crippen LogP contribution in [0.15, 0.2) is 27.4 Å². The van der Waals surface area contributed by atoms with Gasteiger partial charge in [0.1, 0.15) is 33.6 Å². The third-order valence-electron chi connectivity index (χ3n) is 4.80. The summed E-state index contributed by atoms with van der Waals surface area (Å²) in [4.78, 5) is 12.9. The van der Waals surface area contributed by atoms with Crippen molar-refractivity contribution in [1.82, 2.24) is 0 Å². The highest BCUT2D eigenvalue weighted by atomic mass is 16.5. The molecule has 0 amide bonds. The molecule has 0 saturated heterocycles. The average Bonchev–Trinajstić information content (AvgIpc) is 2.48. The molecule has 3 N–H and O–H groups in total. The van der Waals surface area contributed by atoms with Gasteiger partial charge in [-0.3, -0.25) is 4.79 Å². The summed E-state index contributed by atoms with van der Waals surface area (Å²) < 4.78 is 11.7. The molecule has 6 nitrogen and oxygen atoms in total. The Hall–Kier alpha value is -2.89. The van der Waals surface area contributed by atoms with Gasteiger partial charge in [-0.15, -0.1) is 0 Å². The summed E-state index contributed by atoms with van der Waals surface area (Å²) >= 11 is 0. The van der Waals surface area contributed by atoms with E-state index in [4.69, 9.17) is 9.15 Å². The van der Waals surface area contributed by atoms with Gasteiger partial charge in [-0.1, -0.05) is 13.8 Å². The third-order valence-corrected chi connectivity index (χ3v) is 4.80. The molecule has 130 valence electrons. The van der Waals surface area contributed by atoms with Crippen molar-refractivity contribution in [3.05, 3.63) is 34.0 Å². The van der Waals surface area contributed by atoms with E-state index in [1.165, 1.54) is 18.2 Å². The summed E-state index contributed by atoms with van der Waals surface area (Å²) in [7, 11) is 0. The SMILES string of the molecule is C[C@@H]1CC(C)(C)c2c(cc(O)c3c(=O)c4c(O)ccc(O)c4oc23)O1. The van der Waals surface area contributed by atoms with Crippen molar-refractivity contribution in [3.63, 3.8) is 0 Å². The lowest BCUT2D eigenvalue weighted by Crippen LogP contribution is -2.32. The minimum atomic E-state index is -0.598. The Morgan fingerprint density at radius 3 is 2.40 bits per heavy atom. The number of fused-ring (bicyclic) bond motifs is 4. The fourth-order valence-electron chi connectivity index (χ4n) is 3.87. The Morgan fingerprint density at radius 1 is 1.04 bits per heavy atom. The van der Waals surface area contributed by atoms with Gasteiger partial charge in [0.05, 0.1) is 6.10 Å². The van der Waals surface area contributed by atoms with Crippen molar-refractivity contribution in [2.45, 2.75) is 38.7 Å². The molecule has 1 aromatic heterocycles. The predicted molar refractivity (Wildman–Crippen MR) is 92.7 cm³/mol. The fraction of sp³-hybridized carbons (Fsp3) is 0.316. The fourth-order valence-corrected chi connectivity index (χ4v) is 3.87. The van der Waals surface area contributed by atoms with Crippen molar-refractivity contribution >= 4 is 21.9 Å². The lowest BCUT2D eigenvalue weighted by Gasteiger charge is -2.36. The average molecular weight is 342 g/mol. The van der Waals surface area contributed by atoms with Crippen LogP contribution in [0, 0.1) is 0 Å². The highest BCUT2D eigenvalue weighted by molar-refractivity contribution is 6.00. The Labute approximate surface area is 142 Å². The standard InChI is InChI=1S/C19H18O6/c1-8-7-19(2,3)15-12(24-8)6-11(22)14-16(23)13-9(20)4-5-10(21)17(13)25-18(14)15/h4-6,8,20-22H,7H2,1-3H3/t8-/m1/s1. The molecular weight excluding hydrogens is 324 g/mol. The third kappa shape index (κ3) is 2.06. The molecule has 2 aromatic carbocycles. The van der Waals surface area contributed by atoms with E-state index in [1.54, 1.807) is 0 Å². The van der Waals surface area contributed by atoms with Crippen LogP contribution in [0.4, 0.5) is 0 Å². The van der Waals surface area contributed by atoms with Crippen LogP contribution in [0.3, 0.4) is 0 Å². The number of phenolic OH excluding ortho intramolecular Hbond substituents is 3. The molecule has 1 atom stereocenters. The maximum absolute atomic E-state index is 12.9. The lowest BCUT2D eigenvalue weighted by molar-refractivity contribution is 0.150. The maximum Gasteiger partial charge on any atom is 0.208 e. The summed E-state index contributed by atoms with van der Waals surface area (Å²) in [5, 5.41) is 30.3. The minimum absolute atomic E-state index is 0.0293. The zero-order valence-electron chi connectivity index (χ0n) is 14.1. The maximum atomic E-state index is 12.9. The zero-order chi connectivity index (χ0) is 18.1. The van der Waals surface area contributed by atoms with Gasteiger partial charge in [-0.2, -0.15) is 0 Å². The van der Waals surface area contributed by atoms with Crippen LogP contribution in [0.2, 0.25) is 0 Å². The van der Waals surface area contributed by atoms with Crippen molar-refractivity contribution in [1.29, 1.82) is 0 Å². The molecule has 0 saturated carbocycles. The molecule has 0 bridgehead atoms. The Bertz CT molecular complexity index is 1090. The van der Waals surface area contributed by atoms with E-state index < -0.39 is 5.43 Å². The van der Waals surface area contributed by atoms with Gasteiger partial charge in [-0.05, 0) is 25.5 Å². The quantitative estimate of drug-likeness (QED) is 0.427. The van der Waals surface area contributed by atoms with Crippen LogP contribution in [0.5, 0.6) is 23.0 Å². The molecule has 0 fully saturated rings. The van der Waals surface area contributed by atoms with Crippen molar-refractivity contribution in [2.75, 3.05) is 0 Å². The Balaban J connectivity index is 2.27. The van der Waals surface area contributed by atoms with Gasteiger partial charge in [0.25, 0.3) is 0 Å². The first-order valence-corrected chi connectivity index (χ1v) is 8.05. The largest absolute Gasteiger partial charge is 0.507 e. The number of aromatic hydroxyl groups is 3. The molecule has 0 radical (unpaired) electrons. The topological polar surface area (TPSA) is 100 Å². The van der Waals surface area contributed by atoms with Crippen LogP contribution in [0.25, 0.3) is 21.9 Å². The van der Waals surface area contributed by atoms with Crippen molar-refractivity contribution < 1.29 is 24.5 Å². The predicted octanol–water partition coefficient (Wildman–Crippen LogP) is 3.51. The second kappa shape index (κ2) is 4.81. The number of hydrogen-bond acceptors (Lipinski definition) is 6. The van der Waals surface area contributed by atoms with Gasteiger partial charge in [-0.25, -0.2) is 0 Å². The second-order valence-corrected chi connectivity index (χ2v) is 7.23. The normalized spacial score (nSPS) is 18.9. The second-order valence-electron chi connectivity index (χ2n) is 7.23. The van der Waals surface area contributed by atoms with Gasteiger partial charge < -0.3 is 24.5 Å². The van der Waals surface area contributed by atoms with E-state index in [0.29, 0.717) is 17.7 Å². The molecule has 3 aromatic rings.